The van der Waals surface area contributed by atoms with Gasteiger partial charge in [0.15, 0.2) is 0 Å². The fourth-order valence-corrected chi connectivity index (χ4v) is 3.22. The number of methoxy groups -OCH3 is 1. The number of hydrogen-bond acceptors (Lipinski definition) is 2. The first kappa shape index (κ1) is 19.8. The van der Waals surface area contributed by atoms with Gasteiger partial charge in [0.05, 0.1) is 7.11 Å². The molecule has 2 aromatic carbocycles. The van der Waals surface area contributed by atoms with E-state index in [1.165, 1.54) is 5.56 Å². The van der Waals surface area contributed by atoms with Gasteiger partial charge in [0, 0.05) is 19.6 Å². The van der Waals surface area contributed by atoms with Gasteiger partial charge in [0.1, 0.15) is 5.75 Å². The van der Waals surface area contributed by atoms with Crippen molar-refractivity contribution in [1.82, 2.24) is 10.2 Å². The van der Waals surface area contributed by atoms with E-state index < -0.39 is 0 Å². The molecule has 26 heavy (non-hydrogen) atoms. The molecule has 0 spiro atoms. The third-order valence-electron chi connectivity index (χ3n) is 4.67. The van der Waals surface area contributed by atoms with E-state index in [2.05, 4.69) is 50.4 Å². The molecule has 0 saturated heterocycles. The summed E-state index contributed by atoms with van der Waals surface area (Å²) in [5, 5.41) is 3.11. The molecule has 0 bridgehead atoms. The Bertz CT molecular complexity index is 696. The number of carbonyl (C=O) groups is 1. The summed E-state index contributed by atoms with van der Waals surface area (Å²) >= 11 is 0. The van der Waals surface area contributed by atoms with Crippen molar-refractivity contribution in [2.24, 2.45) is 0 Å². The highest BCUT2D eigenvalue weighted by Gasteiger charge is 2.24. The van der Waals surface area contributed by atoms with Crippen LogP contribution >= 0.6 is 0 Å². The summed E-state index contributed by atoms with van der Waals surface area (Å²) < 4.78 is 5.16. The molecule has 0 aliphatic rings. The van der Waals surface area contributed by atoms with Gasteiger partial charge >= 0.3 is 6.03 Å². The van der Waals surface area contributed by atoms with Crippen molar-refractivity contribution < 1.29 is 9.53 Å². The molecule has 2 amide bonds. The molecule has 0 heterocycles. The van der Waals surface area contributed by atoms with Crippen molar-refractivity contribution in [3.8, 4) is 5.75 Å². The van der Waals surface area contributed by atoms with Gasteiger partial charge in [-0.25, -0.2) is 4.79 Å². The van der Waals surface area contributed by atoms with Crippen LogP contribution in [0.4, 0.5) is 4.79 Å². The lowest BCUT2D eigenvalue weighted by Crippen LogP contribution is -2.43. The lowest BCUT2D eigenvalue weighted by Gasteiger charge is -2.30. The van der Waals surface area contributed by atoms with Crippen molar-refractivity contribution in [1.29, 1.82) is 0 Å². The van der Waals surface area contributed by atoms with Gasteiger partial charge in [0.25, 0.3) is 0 Å². The normalized spacial score (nSPS) is 12.3. The number of ether oxygens (including phenoxy) is 1. The monoisotopic (exact) mass is 354 g/mol. The number of urea groups is 1. The van der Waals surface area contributed by atoms with Crippen LogP contribution in [0.5, 0.6) is 5.75 Å². The van der Waals surface area contributed by atoms with Gasteiger partial charge in [-0.2, -0.15) is 0 Å². The molecule has 4 heteroatoms. The Hall–Kier alpha value is -2.49. The zero-order valence-electron chi connectivity index (χ0n) is 16.5. The first-order valence-electron chi connectivity index (χ1n) is 9.02. The van der Waals surface area contributed by atoms with E-state index in [4.69, 9.17) is 4.74 Å². The molecule has 0 fully saturated rings. The Morgan fingerprint density at radius 3 is 2.31 bits per heavy atom. The fourth-order valence-electron chi connectivity index (χ4n) is 3.22. The van der Waals surface area contributed by atoms with Gasteiger partial charge in [-0.1, -0.05) is 56.3 Å². The van der Waals surface area contributed by atoms with Crippen LogP contribution in [-0.4, -0.2) is 31.1 Å². The fraction of sp³-hybridized carbons (Fsp3) is 0.409. The molecule has 1 atom stereocenters. The van der Waals surface area contributed by atoms with E-state index >= 15 is 0 Å². The number of amides is 2. The van der Waals surface area contributed by atoms with Crippen LogP contribution < -0.4 is 10.1 Å². The lowest BCUT2D eigenvalue weighted by atomic mass is 9.79. The highest BCUT2D eigenvalue weighted by molar-refractivity contribution is 5.74. The second-order valence-corrected chi connectivity index (χ2v) is 7.51. The molecule has 0 saturated carbocycles. The van der Waals surface area contributed by atoms with Gasteiger partial charge in [-0.3, -0.25) is 0 Å². The third kappa shape index (κ3) is 5.51. The van der Waals surface area contributed by atoms with Crippen molar-refractivity contribution in [2.45, 2.75) is 45.2 Å². The molecule has 4 nitrogen and oxygen atoms in total. The van der Waals surface area contributed by atoms with Crippen LogP contribution in [0.3, 0.4) is 0 Å². The molecule has 0 aliphatic carbocycles. The molecular weight excluding hydrogens is 324 g/mol. The van der Waals surface area contributed by atoms with Crippen molar-refractivity contribution >= 4 is 6.03 Å². The molecule has 0 radical (unpaired) electrons. The average molecular weight is 354 g/mol. The minimum absolute atomic E-state index is 0.00249. The SMILES string of the molecule is COc1ccc(CN(C)C(=O)NC(C)CC(C)(C)c2ccccc2)cc1. The summed E-state index contributed by atoms with van der Waals surface area (Å²) in [6, 6.07) is 18.2. The number of hydrogen-bond donors (Lipinski definition) is 1. The Balaban J connectivity index is 1.89. The van der Waals surface area contributed by atoms with Gasteiger partial charge in [-0.05, 0) is 42.0 Å². The summed E-state index contributed by atoms with van der Waals surface area (Å²) in [4.78, 5) is 14.2. The van der Waals surface area contributed by atoms with Crippen LogP contribution in [0, 0.1) is 0 Å². The minimum atomic E-state index is -0.0582. The Labute approximate surface area is 157 Å². The van der Waals surface area contributed by atoms with Crippen molar-refractivity contribution in [3.05, 3.63) is 65.7 Å². The standard InChI is InChI=1S/C22H30N2O2/c1-17(15-22(2,3)19-9-7-6-8-10-19)23-21(25)24(4)16-18-11-13-20(26-5)14-12-18/h6-14,17H,15-16H2,1-5H3,(H,23,25). The zero-order chi connectivity index (χ0) is 19.2. The van der Waals surface area contributed by atoms with E-state index in [-0.39, 0.29) is 17.5 Å². The molecular formula is C22H30N2O2. The third-order valence-corrected chi connectivity index (χ3v) is 4.67. The number of rotatable bonds is 7. The number of nitrogens with one attached hydrogen (secondary N) is 1. The van der Waals surface area contributed by atoms with Gasteiger partial charge < -0.3 is 15.0 Å². The smallest absolute Gasteiger partial charge is 0.317 e. The van der Waals surface area contributed by atoms with Crippen LogP contribution in [0.25, 0.3) is 0 Å². The molecule has 1 N–H and O–H groups in total. The predicted octanol–water partition coefficient (Wildman–Crippen LogP) is 4.59. The maximum atomic E-state index is 12.5. The summed E-state index contributed by atoms with van der Waals surface area (Å²) in [6.45, 7) is 7.05. The van der Waals surface area contributed by atoms with Crippen molar-refractivity contribution in [2.75, 3.05) is 14.2 Å². The molecule has 0 aromatic heterocycles. The van der Waals surface area contributed by atoms with Crippen LogP contribution in [-0.2, 0) is 12.0 Å². The van der Waals surface area contributed by atoms with E-state index in [9.17, 15) is 4.79 Å². The highest BCUT2D eigenvalue weighted by Crippen LogP contribution is 2.28. The van der Waals surface area contributed by atoms with Crippen LogP contribution in [0.1, 0.15) is 38.3 Å². The average Bonchev–Trinajstić information content (AvgIpc) is 2.62. The van der Waals surface area contributed by atoms with Crippen LogP contribution in [0.2, 0.25) is 0 Å². The first-order chi connectivity index (χ1) is 12.3. The molecule has 2 aromatic rings. The minimum Gasteiger partial charge on any atom is -0.497 e. The molecule has 140 valence electrons. The number of nitrogens with zero attached hydrogens (tertiary/aromatic N) is 1. The largest absolute Gasteiger partial charge is 0.497 e. The van der Waals surface area contributed by atoms with Crippen molar-refractivity contribution in [3.63, 3.8) is 0 Å². The maximum Gasteiger partial charge on any atom is 0.317 e. The Kier molecular flexibility index (Phi) is 6.67. The van der Waals surface area contributed by atoms with E-state index in [0.717, 1.165) is 17.7 Å². The molecule has 1 unspecified atom stereocenters. The summed E-state index contributed by atoms with van der Waals surface area (Å²) in [5.41, 5.74) is 2.36. The molecule has 0 aliphatic heterocycles. The second-order valence-electron chi connectivity index (χ2n) is 7.51. The van der Waals surface area contributed by atoms with Gasteiger partial charge in [-0.15, -0.1) is 0 Å². The lowest BCUT2D eigenvalue weighted by molar-refractivity contribution is 0.201. The highest BCUT2D eigenvalue weighted by atomic mass is 16.5. The van der Waals surface area contributed by atoms with Crippen LogP contribution in [0.15, 0.2) is 54.6 Å². The zero-order valence-corrected chi connectivity index (χ0v) is 16.5. The number of carbonyl (C=O) groups excluding carboxylic acids is 1. The van der Waals surface area contributed by atoms with E-state index in [1.54, 1.807) is 12.0 Å². The summed E-state index contributed by atoms with van der Waals surface area (Å²) in [6.07, 6.45) is 0.874. The summed E-state index contributed by atoms with van der Waals surface area (Å²) in [7, 11) is 3.46. The maximum absolute atomic E-state index is 12.5. The quantitative estimate of drug-likeness (QED) is 0.790. The predicted molar refractivity (Wildman–Crippen MR) is 107 cm³/mol. The Morgan fingerprint density at radius 2 is 1.73 bits per heavy atom. The first-order valence-corrected chi connectivity index (χ1v) is 9.02. The van der Waals surface area contributed by atoms with E-state index in [0.29, 0.717) is 6.54 Å². The number of benzene rings is 2. The van der Waals surface area contributed by atoms with E-state index in [1.807, 2.05) is 37.4 Å². The van der Waals surface area contributed by atoms with Gasteiger partial charge in [0.2, 0.25) is 0 Å². The summed E-state index contributed by atoms with van der Waals surface area (Å²) in [5.74, 6) is 0.817. The molecule has 2 rings (SSSR count). The Morgan fingerprint density at radius 1 is 1.12 bits per heavy atom. The topological polar surface area (TPSA) is 41.6 Å². The second kappa shape index (κ2) is 8.75.